The number of carboxylic acids is 2. The van der Waals surface area contributed by atoms with Crippen LogP contribution in [-0.2, 0) is 14.4 Å². The second-order valence-corrected chi connectivity index (χ2v) is 9.92. The maximum atomic E-state index is 13.4. The lowest BCUT2D eigenvalue weighted by atomic mass is 9.89. The van der Waals surface area contributed by atoms with Crippen molar-refractivity contribution in [3.05, 3.63) is 102 Å². The number of aromatic nitrogens is 1. The molecule has 0 unspecified atom stereocenters. The minimum atomic E-state index is -1.26. The van der Waals surface area contributed by atoms with Gasteiger partial charge >= 0.3 is 11.9 Å². The van der Waals surface area contributed by atoms with Gasteiger partial charge in [0.1, 0.15) is 5.82 Å². The van der Waals surface area contributed by atoms with Crippen LogP contribution in [0, 0.1) is 11.7 Å². The Hall–Kier alpha value is -5.23. The van der Waals surface area contributed by atoms with Crippen molar-refractivity contribution in [2.45, 2.75) is 19.8 Å². The van der Waals surface area contributed by atoms with Gasteiger partial charge < -0.3 is 25.3 Å². The van der Waals surface area contributed by atoms with Crippen LogP contribution in [0.1, 0.15) is 40.5 Å². The minimum absolute atomic E-state index is 0.0597. The Labute approximate surface area is 253 Å². The van der Waals surface area contributed by atoms with Crippen molar-refractivity contribution < 1.29 is 38.6 Å². The molecule has 0 radical (unpaired) electrons. The molecular weight excluding hydrogens is 571 g/mol. The standard InChI is InChI=1S/C28H29FN4O3.C4H4O4/c1-20(34)31-25-10-6-23(7-11-25)28(36)33(26-3-2-14-30-19-26)18-17-32-15-12-22(13-16-32)27(35)21-4-8-24(29)9-5-21;5-3(6)1-2-4(7)8/h2-11,14,19,22H,12-13,15-18H2,1H3,(H,31,34);1-2H,(H,5,6)(H,7,8). The minimum Gasteiger partial charge on any atom is -0.478 e. The molecule has 1 saturated heterocycles. The molecule has 0 spiro atoms. The van der Waals surface area contributed by atoms with Crippen LogP contribution in [-0.4, -0.2) is 75.8 Å². The van der Waals surface area contributed by atoms with E-state index in [-0.39, 0.29) is 29.3 Å². The van der Waals surface area contributed by atoms with Crippen LogP contribution in [0.2, 0.25) is 0 Å². The van der Waals surface area contributed by atoms with Gasteiger partial charge in [0.25, 0.3) is 5.91 Å². The molecule has 1 aliphatic heterocycles. The van der Waals surface area contributed by atoms with Crippen molar-refractivity contribution in [3.63, 3.8) is 0 Å². The average Bonchev–Trinajstić information content (AvgIpc) is 3.01. The third-order valence-corrected chi connectivity index (χ3v) is 6.75. The summed E-state index contributed by atoms with van der Waals surface area (Å²) in [6, 6.07) is 16.2. The highest BCUT2D eigenvalue weighted by Gasteiger charge is 2.27. The van der Waals surface area contributed by atoms with Gasteiger partial charge in [-0.05, 0) is 86.6 Å². The number of amides is 2. The second-order valence-electron chi connectivity index (χ2n) is 9.92. The number of pyridine rings is 1. The van der Waals surface area contributed by atoms with Crippen LogP contribution >= 0.6 is 0 Å². The summed E-state index contributed by atoms with van der Waals surface area (Å²) in [4.78, 5) is 64.7. The molecule has 2 amide bonds. The van der Waals surface area contributed by atoms with E-state index in [2.05, 4.69) is 15.2 Å². The predicted octanol–water partition coefficient (Wildman–Crippen LogP) is 4.13. The smallest absolute Gasteiger partial charge is 0.328 e. The van der Waals surface area contributed by atoms with Crippen molar-refractivity contribution >= 4 is 40.9 Å². The number of piperidine rings is 1. The van der Waals surface area contributed by atoms with E-state index in [1.165, 1.54) is 19.1 Å². The number of aliphatic carboxylic acids is 2. The molecule has 11 nitrogen and oxygen atoms in total. The molecule has 4 rings (SSSR count). The lowest BCUT2D eigenvalue weighted by molar-refractivity contribution is -0.134. The predicted molar refractivity (Wildman–Crippen MR) is 161 cm³/mol. The summed E-state index contributed by atoms with van der Waals surface area (Å²) in [5, 5.41) is 18.3. The average molecular weight is 605 g/mol. The number of ketones is 1. The Morgan fingerprint density at radius 2 is 1.52 bits per heavy atom. The number of carboxylic acid groups (broad SMARTS) is 2. The molecule has 0 saturated carbocycles. The van der Waals surface area contributed by atoms with E-state index >= 15 is 0 Å². The fraction of sp³-hybridized carbons (Fsp3) is 0.250. The molecule has 12 heteroatoms. The van der Waals surface area contributed by atoms with Gasteiger partial charge in [0.2, 0.25) is 5.91 Å². The number of benzene rings is 2. The highest BCUT2D eigenvalue weighted by Crippen LogP contribution is 2.23. The maximum Gasteiger partial charge on any atom is 0.328 e. The van der Waals surface area contributed by atoms with Crippen LogP contribution < -0.4 is 10.2 Å². The number of halogens is 1. The first-order valence-electron chi connectivity index (χ1n) is 13.8. The number of carbonyl (C=O) groups excluding carboxylic acids is 3. The molecule has 230 valence electrons. The molecular formula is C32H33FN4O7. The van der Waals surface area contributed by atoms with Crippen LogP contribution in [0.3, 0.4) is 0 Å². The topological polar surface area (TPSA) is 157 Å². The van der Waals surface area contributed by atoms with E-state index in [9.17, 15) is 28.4 Å². The molecule has 2 aromatic carbocycles. The first-order valence-corrected chi connectivity index (χ1v) is 13.8. The zero-order chi connectivity index (χ0) is 32.1. The normalized spacial score (nSPS) is 13.4. The van der Waals surface area contributed by atoms with E-state index in [0.717, 1.165) is 25.9 Å². The molecule has 3 N–H and O–H groups in total. The van der Waals surface area contributed by atoms with Gasteiger partial charge in [-0.15, -0.1) is 0 Å². The Morgan fingerprint density at radius 3 is 2.05 bits per heavy atom. The van der Waals surface area contributed by atoms with Crippen LogP contribution in [0.25, 0.3) is 0 Å². The Balaban J connectivity index is 0.000000583. The fourth-order valence-electron chi connectivity index (χ4n) is 4.57. The lowest BCUT2D eigenvalue weighted by Crippen LogP contribution is -2.43. The highest BCUT2D eigenvalue weighted by molar-refractivity contribution is 6.06. The highest BCUT2D eigenvalue weighted by atomic mass is 19.1. The molecule has 44 heavy (non-hydrogen) atoms. The number of nitrogens with zero attached hydrogens (tertiary/aromatic N) is 3. The monoisotopic (exact) mass is 604 g/mol. The molecule has 3 aromatic rings. The van der Waals surface area contributed by atoms with Crippen LogP contribution in [0.5, 0.6) is 0 Å². The number of hydrogen-bond donors (Lipinski definition) is 3. The van der Waals surface area contributed by atoms with E-state index < -0.39 is 11.9 Å². The summed E-state index contributed by atoms with van der Waals surface area (Å²) in [6.07, 6.45) is 5.89. The number of carbonyl (C=O) groups is 5. The Kier molecular flexibility index (Phi) is 12.4. The molecule has 0 bridgehead atoms. The number of rotatable bonds is 10. The molecule has 0 atom stereocenters. The zero-order valence-corrected chi connectivity index (χ0v) is 24.1. The van der Waals surface area contributed by atoms with Crippen molar-refractivity contribution in [1.82, 2.24) is 9.88 Å². The number of nitrogens with one attached hydrogen (secondary N) is 1. The quantitative estimate of drug-likeness (QED) is 0.229. The van der Waals surface area contributed by atoms with Gasteiger partial charge in [-0.25, -0.2) is 14.0 Å². The second kappa shape index (κ2) is 16.4. The SMILES string of the molecule is CC(=O)Nc1ccc(C(=O)N(CCN2CCC(C(=O)c3ccc(F)cc3)CC2)c2cccnc2)cc1.O=C(O)C=CC(=O)O. The summed E-state index contributed by atoms with van der Waals surface area (Å²) >= 11 is 0. The van der Waals surface area contributed by atoms with Crippen LogP contribution in [0.4, 0.5) is 15.8 Å². The Morgan fingerprint density at radius 1 is 0.932 bits per heavy atom. The van der Waals surface area contributed by atoms with E-state index in [4.69, 9.17) is 10.2 Å². The number of anilines is 2. The Bertz CT molecular complexity index is 1450. The lowest BCUT2D eigenvalue weighted by Gasteiger charge is -2.33. The van der Waals surface area contributed by atoms with Gasteiger partial charge in [0, 0.05) is 61.1 Å². The van der Waals surface area contributed by atoms with E-state index in [1.54, 1.807) is 59.8 Å². The molecule has 1 aliphatic rings. The first kappa shape index (κ1) is 33.3. The zero-order valence-electron chi connectivity index (χ0n) is 24.1. The number of hydrogen-bond acceptors (Lipinski definition) is 7. The van der Waals surface area contributed by atoms with E-state index in [0.29, 0.717) is 47.7 Å². The molecule has 1 fully saturated rings. The van der Waals surface area contributed by atoms with Gasteiger partial charge in [0.05, 0.1) is 11.9 Å². The largest absolute Gasteiger partial charge is 0.478 e. The van der Waals surface area contributed by atoms with Gasteiger partial charge in [-0.1, -0.05) is 0 Å². The summed E-state index contributed by atoms with van der Waals surface area (Å²) in [6.45, 7) is 4.05. The van der Waals surface area contributed by atoms with Crippen molar-refractivity contribution in [2.24, 2.45) is 5.92 Å². The van der Waals surface area contributed by atoms with E-state index in [1.807, 2.05) is 6.07 Å². The van der Waals surface area contributed by atoms with Crippen molar-refractivity contribution in [2.75, 3.05) is 36.4 Å². The van der Waals surface area contributed by atoms with Gasteiger partial charge in [-0.2, -0.15) is 0 Å². The molecule has 0 aliphatic carbocycles. The summed E-state index contributed by atoms with van der Waals surface area (Å²) in [5.74, 6) is -3.21. The van der Waals surface area contributed by atoms with Crippen molar-refractivity contribution in [3.8, 4) is 0 Å². The summed E-state index contributed by atoms with van der Waals surface area (Å²) in [7, 11) is 0. The summed E-state index contributed by atoms with van der Waals surface area (Å²) in [5.41, 5.74) is 2.39. The third-order valence-electron chi connectivity index (χ3n) is 6.75. The number of likely N-dealkylation sites (tertiary alicyclic amines) is 1. The van der Waals surface area contributed by atoms with Gasteiger partial charge in [-0.3, -0.25) is 19.4 Å². The van der Waals surface area contributed by atoms with Crippen LogP contribution in [0.15, 0.2) is 85.2 Å². The third kappa shape index (κ3) is 10.6. The summed E-state index contributed by atoms with van der Waals surface area (Å²) < 4.78 is 13.2. The van der Waals surface area contributed by atoms with Crippen molar-refractivity contribution in [1.29, 1.82) is 0 Å². The molecule has 1 aromatic heterocycles. The molecule has 2 heterocycles. The maximum absolute atomic E-state index is 13.4. The number of Topliss-reactive ketones (excluding diaryl/α,β-unsaturated/α-hetero) is 1. The first-order chi connectivity index (χ1) is 21.0. The fourth-order valence-corrected chi connectivity index (χ4v) is 4.57. The van der Waals surface area contributed by atoms with Gasteiger partial charge in [0.15, 0.2) is 5.78 Å².